The zero-order chi connectivity index (χ0) is 30.7. The number of amides is 1. The van der Waals surface area contributed by atoms with E-state index in [2.05, 4.69) is 50.7 Å². The fourth-order valence-electron chi connectivity index (χ4n) is 4.64. The van der Waals surface area contributed by atoms with Gasteiger partial charge in [0.25, 0.3) is 5.91 Å². The Bertz CT molecular complexity index is 1750. The summed E-state index contributed by atoms with van der Waals surface area (Å²) in [6.45, 7) is 5.46. The summed E-state index contributed by atoms with van der Waals surface area (Å²) in [7, 11) is 0. The maximum Gasteiger partial charge on any atom is 0.271 e. The number of carbonyl (C=O) groups excluding carboxylic acids is 1. The minimum Gasteiger partial charge on any atom is -0.490 e. The topological polar surface area (TPSA) is 78.4 Å². The van der Waals surface area contributed by atoms with Gasteiger partial charge in [-0.15, -0.1) is 0 Å². The van der Waals surface area contributed by atoms with Crippen molar-refractivity contribution in [3.63, 3.8) is 0 Å². The number of hydrogen-bond donors (Lipinski definition) is 1. The van der Waals surface area contributed by atoms with E-state index in [1.807, 2.05) is 74.5 Å². The number of hydrazone groups is 1. The monoisotopic (exact) mass is 652 g/mol. The number of fused-ring (bicyclic) bond motifs is 1. The third kappa shape index (κ3) is 7.76. The average Bonchev–Trinajstić information content (AvgIpc) is 3.04. The van der Waals surface area contributed by atoms with Gasteiger partial charge in [0.15, 0.2) is 23.0 Å². The lowest BCUT2D eigenvalue weighted by atomic mass is 10.1. The van der Waals surface area contributed by atoms with Crippen LogP contribution in [0.25, 0.3) is 10.8 Å². The molecule has 224 valence electrons. The van der Waals surface area contributed by atoms with Gasteiger partial charge in [0.05, 0.1) is 23.9 Å². The van der Waals surface area contributed by atoms with E-state index in [-0.39, 0.29) is 5.91 Å². The number of rotatable bonds is 13. The summed E-state index contributed by atoms with van der Waals surface area (Å²) in [5.41, 5.74) is 5.82. The molecule has 44 heavy (non-hydrogen) atoms. The number of ether oxygens (including phenoxy) is 4. The van der Waals surface area contributed by atoms with E-state index >= 15 is 0 Å². The highest BCUT2D eigenvalue weighted by molar-refractivity contribution is 9.10. The van der Waals surface area contributed by atoms with E-state index in [0.717, 1.165) is 27.5 Å². The Labute approximate surface area is 265 Å². The van der Waals surface area contributed by atoms with Crippen molar-refractivity contribution in [2.45, 2.75) is 27.1 Å². The molecule has 0 radical (unpaired) electrons. The van der Waals surface area contributed by atoms with Crippen molar-refractivity contribution in [3.05, 3.63) is 130 Å². The van der Waals surface area contributed by atoms with Gasteiger partial charge in [0.2, 0.25) is 0 Å². The van der Waals surface area contributed by atoms with E-state index < -0.39 is 0 Å². The second-order valence-electron chi connectivity index (χ2n) is 9.76. The van der Waals surface area contributed by atoms with Crippen molar-refractivity contribution in [1.29, 1.82) is 0 Å². The zero-order valence-electron chi connectivity index (χ0n) is 24.6. The summed E-state index contributed by atoms with van der Waals surface area (Å²) in [4.78, 5) is 12.9. The first-order valence-corrected chi connectivity index (χ1v) is 15.2. The van der Waals surface area contributed by atoms with E-state index in [0.29, 0.717) is 59.5 Å². The molecule has 0 aromatic heterocycles. The smallest absolute Gasteiger partial charge is 0.271 e. The Morgan fingerprint density at radius 2 is 1.50 bits per heavy atom. The molecule has 0 atom stereocenters. The number of halogens is 1. The van der Waals surface area contributed by atoms with Gasteiger partial charge in [0, 0.05) is 5.56 Å². The summed E-state index contributed by atoms with van der Waals surface area (Å²) in [5.74, 6) is 1.84. The predicted molar refractivity (Wildman–Crippen MR) is 177 cm³/mol. The van der Waals surface area contributed by atoms with Crippen LogP contribution in [0.1, 0.15) is 40.9 Å². The zero-order valence-corrected chi connectivity index (χ0v) is 26.2. The van der Waals surface area contributed by atoms with Crippen LogP contribution in [-0.4, -0.2) is 25.3 Å². The van der Waals surface area contributed by atoms with Crippen molar-refractivity contribution in [3.8, 4) is 23.0 Å². The van der Waals surface area contributed by atoms with Crippen LogP contribution in [-0.2, 0) is 13.2 Å². The van der Waals surface area contributed by atoms with Crippen LogP contribution in [0.5, 0.6) is 23.0 Å². The molecule has 0 spiro atoms. The molecule has 7 nitrogen and oxygen atoms in total. The van der Waals surface area contributed by atoms with Crippen molar-refractivity contribution in [2.75, 3.05) is 13.2 Å². The molecule has 5 aromatic carbocycles. The Hall–Kier alpha value is -4.82. The molecule has 0 heterocycles. The Morgan fingerprint density at radius 3 is 2.32 bits per heavy atom. The summed E-state index contributed by atoms with van der Waals surface area (Å²) >= 11 is 3.63. The van der Waals surface area contributed by atoms with Gasteiger partial charge >= 0.3 is 0 Å². The molecule has 0 saturated heterocycles. The highest BCUT2D eigenvalue weighted by Crippen LogP contribution is 2.37. The summed E-state index contributed by atoms with van der Waals surface area (Å²) < 4.78 is 24.5. The minimum atomic E-state index is -0.379. The van der Waals surface area contributed by atoms with Crippen LogP contribution in [0, 0.1) is 0 Å². The predicted octanol–water partition coefficient (Wildman–Crippen LogP) is 8.32. The van der Waals surface area contributed by atoms with Crippen molar-refractivity contribution in [2.24, 2.45) is 5.10 Å². The fraction of sp³-hybridized carbons (Fsp3) is 0.167. The molecule has 0 bridgehead atoms. The lowest BCUT2D eigenvalue weighted by Crippen LogP contribution is -2.17. The molecule has 8 heteroatoms. The molecule has 5 rings (SSSR count). The van der Waals surface area contributed by atoms with Gasteiger partial charge in [-0.05, 0) is 87.6 Å². The van der Waals surface area contributed by atoms with E-state index in [4.69, 9.17) is 18.9 Å². The first-order chi connectivity index (χ1) is 21.6. The minimum absolute atomic E-state index is 0.378. The average molecular weight is 654 g/mol. The summed E-state index contributed by atoms with van der Waals surface area (Å²) in [6.07, 6.45) is 1.56. The SMILES string of the molecule is CCOc1cc(C(=O)N/N=C/c2cc(Br)c(OCc3cccc4ccccc34)c(OCC)c2)ccc1OCc1ccccc1. The number of hydrogen-bond acceptors (Lipinski definition) is 6. The first-order valence-electron chi connectivity index (χ1n) is 14.4. The van der Waals surface area contributed by atoms with Crippen LogP contribution in [0.15, 0.2) is 113 Å². The fourth-order valence-corrected chi connectivity index (χ4v) is 5.21. The molecule has 0 unspecified atom stereocenters. The first kappa shape index (κ1) is 30.6. The molecular formula is C36H33BrN2O5. The Balaban J connectivity index is 1.26. The highest BCUT2D eigenvalue weighted by Gasteiger charge is 2.14. The van der Waals surface area contributed by atoms with Crippen LogP contribution < -0.4 is 24.4 Å². The highest BCUT2D eigenvalue weighted by atomic mass is 79.9. The van der Waals surface area contributed by atoms with Gasteiger partial charge in [0.1, 0.15) is 13.2 Å². The van der Waals surface area contributed by atoms with Gasteiger partial charge in [-0.1, -0.05) is 72.8 Å². The molecule has 0 aliphatic rings. The van der Waals surface area contributed by atoms with E-state index in [9.17, 15) is 4.79 Å². The van der Waals surface area contributed by atoms with Crippen molar-refractivity contribution >= 4 is 38.8 Å². The molecule has 0 aliphatic carbocycles. The third-order valence-electron chi connectivity index (χ3n) is 6.71. The third-order valence-corrected chi connectivity index (χ3v) is 7.30. The van der Waals surface area contributed by atoms with Crippen LogP contribution in [0.3, 0.4) is 0 Å². The normalized spacial score (nSPS) is 11.0. The number of carbonyl (C=O) groups is 1. The molecular weight excluding hydrogens is 620 g/mol. The maximum atomic E-state index is 12.9. The van der Waals surface area contributed by atoms with Gasteiger partial charge < -0.3 is 18.9 Å². The van der Waals surface area contributed by atoms with Gasteiger partial charge in [-0.2, -0.15) is 5.10 Å². The van der Waals surface area contributed by atoms with Crippen LogP contribution in [0.2, 0.25) is 0 Å². The molecule has 0 fully saturated rings. The Morgan fingerprint density at radius 1 is 0.750 bits per heavy atom. The van der Waals surface area contributed by atoms with Gasteiger partial charge in [-0.3, -0.25) is 4.79 Å². The second-order valence-corrected chi connectivity index (χ2v) is 10.6. The molecule has 1 amide bonds. The van der Waals surface area contributed by atoms with Crippen molar-refractivity contribution < 1.29 is 23.7 Å². The van der Waals surface area contributed by atoms with Crippen LogP contribution >= 0.6 is 15.9 Å². The van der Waals surface area contributed by atoms with Crippen LogP contribution in [0.4, 0.5) is 0 Å². The molecule has 0 aliphatic heterocycles. The number of nitrogens with zero attached hydrogens (tertiary/aromatic N) is 1. The second kappa shape index (κ2) is 15.1. The maximum absolute atomic E-state index is 12.9. The number of benzene rings is 5. The van der Waals surface area contributed by atoms with E-state index in [1.165, 1.54) is 0 Å². The summed E-state index contributed by atoms with van der Waals surface area (Å²) in [5, 5.41) is 6.48. The lowest BCUT2D eigenvalue weighted by molar-refractivity contribution is 0.0954. The lowest BCUT2D eigenvalue weighted by Gasteiger charge is -2.15. The van der Waals surface area contributed by atoms with Crippen molar-refractivity contribution in [1.82, 2.24) is 5.43 Å². The molecule has 1 N–H and O–H groups in total. The number of nitrogens with one attached hydrogen (secondary N) is 1. The van der Waals surface area contributed by atoms with Gasteiger partial charge in [-0.25, -0.2) is 5.43 Å². The largest absolute Gasteiger partial charge is 0.490 e. The Kier molecular flexibility index (Phi) is 10.5. The standard InChI is InChI=1S/C36H33BrN2O5/c1-3-41-33-21-28(17-18-32(33)43-23-25-11-6-5-7-12-25)36(40)39-38-22-26-19-31(37)35(34(20-26)42-4-2)44-24-29-15-10-14-27-13-8-9-16-30(27)29/h5-22H,3-4,23-24H2,1-2H3,(H,39,40)/b38-22+. The summed E-state index contributed by atoms with van der Waals surface area (Å²) in [6, 6.07) is 33.0. The molecule has 0 saturated carbocycles. The quantitative estimate of drug-likeness (QED) is 0.102. The molecule has 5 aromatic rings. The van der Waals surface area contributed by atoms with E-state index in [1.54, 1.807) is 24.4 Å².